The fourth-order valence-electron chi connectivity index (χ4n) is 4.40. The molecule has 2 aliphatic rings. The van der Waals surface area contributed by atoms with E-state index in [2.05, 4.69) is 22.3 Å². The average Bonchev–Trinajstić information content (AvgIpc) is 3.61. The van der Waals surface area contributed by atoms with Gasteiger partial charge in [-0.1, -0.05) is 41.9 Å². The van der Waals surface area contributed by atoms with E-state index in [0.717, 1.165) is 37.5 Å². The Bertz CT molecular complexity index is 908. The zero-order chi connectivity index (χ0) is 22.6. The molecule has 7 heteroatoms. The second-order valence-corrected chi connectivity index (χ2v) is 9.37. The van der Waals surface area contributed by atoms with Gasteiger partial charge < -0.3 is 20.3 Å². The number of aliphatic hydroxyl groups is 1. The van der Waals surface area contributed by atoms with Crippen LogP contribution >= 0.6 is 11.6 Å². The van der Waals surface area contributed by atoms with Crippen LogP contribution < -0.4 is 10.1 Å². The van der Waals surface area contributed by atoms with Crippen LogP contribution in [0.1, 0.15) is 36.8 Å². The van der Waals surface area contributed by atoms with E-state index >= 15 is 0 Å². The van der Waals surface area contributed by atoms with Crippen LogP contribution in [0.4, 0.5) is 0 Å². The summed E-state index contributed by atoms with van der Waals surface area (Å²) < 4.78 is 5.84. The first-order chi connectivity index (χ1) is 15.5. The lowest BCUT2D eigenvalue weighted by Gasteiger charge is -2.33. The maximum Gasteiger partial charge on any atom is 0.314 e. The number of halogens is 1. The third-order valence-electron chi connectivity index (χ3n) is 6.54. The minimum absolute atomic E-state index is 0.134. The third kappa shape index (κ3) is 5.62. The quantitative estimate of drug-likeness (QED) is 0.506. The SMILES string of the molecule is O=C(O)C1(c2ccccc2OC[C@@H](O)CNC2CCN(Cc3ccc(Cl)cc3)CC2)CC1. The first-order valence-electron chi connectivity index (χ1n) is 11.3. The summed E-state index contributed by atoms with van der Waals surface area (Å²) in [5.41, 5.74) is 1.16. The molecule has 0 amide bonds. The summed E-state index contributed by atoms with van der Waals surface area (Å²) in [5, 5.41) is 24.2. The molecule has 172 valence electrons. The van der Waals surface area contributed by atoms with Crippen LogP contribution in [-0.4, -0.2) is 59.5 Å². The van der Waals surface area contributed by atoms with E-state index in [4.69, 9.17) is 16.3 Å². The van der Waals surface area contributed by atoms with Crippen LogP contribution in [0.5, 0.6) is 5.75 Å². The van der Waals surface area contributed by atoms with Crippen LogP contribution in [0.2, 0.25) is 5.02 Å². The average molecular weight is 459 g/mol. The zero-order valence-electron chi connectivity index (χ0n) is 18.2. The second-order valence-electron chi connectivity index (χ2n) is 8.93. The number of carboxylic acids is 1. The number of carbonyl (C=O) groups is 1. The van der Waals surface area contributed by atoms with E-state index < -0.39 is 17.5 Å². The summed E-state index contributed by atoms with van der Waals surface area (Å²) in [6, 6.07) is 15.7. The second kappa shape index (κ2) is 10.2. The Hall–Kier alpha value is -2.12. The molecular weight excluding hydrogens is 428 g/mol. The topological polar surface area (TPSA) is 82.0 Å². The van der Waals surface area contributed by atoms with Gasteiger partial charge in [0, 0.05) is 29.7 Å². The monoisotopic (exact) mass is 458 g/mol. The Morgan fingerprint density at radius 3 is 2.50 bits per heavy atom. The third-order valence-corrected chi connectivity index (χ3v) is 6.79. The molecule has 2 fully saturated rings. The highest BCUT2D eigenvalue weighted by molar-refractivity contribution is 6.30. The first kappa shape index (κ1) is 23.1. The van der Waals surface area contributed by atoms with Crippen molar-refractivity contribution in [3.63, 3.8) is 0 Å². The van der Waals surface area contributed by atoms with Gasteiger partial charge in [0.05, 0.1) is 5.41 Å². The maximum absolute atomic E-state index is 11.7. The van der Waals surface area contributed by atoms with Crippen molar-refractivity contribution >= 4 is 17.6 Å². The van der Waals surface area contributed by atoms with Gasteiger partial charge in [0.25, 0.3) is 0 Å². The molecule has 0 radical (unpaired) electrons. The summed E-state index contributed by atoms with van der Waals surface area (Å²) in [6.45, 7) is 3.54. The zero-order valence-corrected chi connectivity index (χ0v) is 18.9. The van der Waals surface area contributed by atoms with Gasteiger partial charge in [-0.3, -0.25) is 9.69 Å². The predicted octanol–water partition coefficient (Wildman–Crippen LogP) is 3.45. The largest absolute Gasteiger partial charge is 0.491 e. The fourth-order valence-corrected chi connectivity index (χ4v) is 4.53. The van der Waals surface area contributed by atoms with E-state index in [-0.39, 0.29) is 6.61 Å². The van der Waals surface area contributed by atoms with Crippen molar-refractivity contribution in [2.75, 3.05) is 26.2 Å². The van der Waals surface area contributed by atoms with Crippen molar-refractivity contribution in [2.45, 2.75) is 49.8 Å². The number of nitrogens with zero attached hydrogens (tertiary/aromatic N) is 1. The molecule has 0 unspecified atom stereocenters. The number of nitrogens with one attached hydrogen (secondary N) is 1. The van der Waals surface area contributed by atoms with Gasteiger partial charge in [0.15, 0.2) is 0 Å². The Labute approximate surface area is 194 Å². The number of carboxylic acid groups (broad SMARTS) is 1. The van der Waals surface area contributed by atoms with Gasteiger partial charge in [0.1, 0.15) is 18.5 Å². The number of benzene rings is 2. The van der Waals surface area contributed by atoms with Crippen molar-refractivity contribution in [3.05, 3.63) is 64.7 Å². The minimum Gasteiger partial charge on any atom is -0.491 e. The molecule has 1 aliphatic heterocycles. The molecule has 0 aromatic heterocycles. The number of hydrogen-bond donors (Lipinski definition) is 3. The molecule has 1 atom stereocenters. The highest BCUT2D eigenvalue weighted by atomic mass is 35.5. The molecule has 2 aromatic rings. The van der Waals surface area contributed by atoms with E-state index in [1.165, 1.54) is 5.56 Å². The summed E-state index contributed by atoms with van der Waals surface area (Å²) in [4.78, 5) is 14.1. The summed E-state index contributed by atoms with van der Waals surface area (Å²) in [6.07, 6.45) is 2.67. The van der Waals surface area contributed by atoms with Crippen molar-refractivity contribution in [1.29, 1.82) is 0 Å². The number of rotatable bonds is 10. The number of likely N-dealkylation sites (tertiary alicyclic amines) is 1. The molecule has 32 heavy (non-hydrogen) atoms. The molecule has 3 N–H and O–H groups in total. The van der Waals surface area contributed by atoms with Gasteiger partial charge in [-0.15, -0.1) is 0 Å². The molecule has 1 saturated heterocycles. The minimum atomic E-state index is -0.820. The summed E-state index contributed by atoms with van der Waals surface area (Å²) in [5.74, 6) is -0.250. The van der Waals surface area contributed by atoms with Gasteiger partial charge >= 0.3 is 5.97 Å². The molecule has 1 heterocycles. The predicted molar refractivity (Wildman–Crippen MR) is 124 cm³/mol. The molecule has 6 nitrogen and oxygen atoms in total. The first-order valence-corrected chi connectivity index (χ1v) is 11.7. The van der Waals surface area contributed by atoms with E-state index in [1.54, 1.807) is 6.07 Å². The van der Waals surface area contributed by atoms with E-state index in [9.17, 15) is 15.0 Å². The molecular formula is C25H31ClN2O4. The molecule has 1 saturated carbocycles. The van der Waals surface area contributed by atoms with E-state index in [1.807, 2.05) is 30.3 Å². The van der Waals surface area contributed by atoms with E-state index in [0.29, 0.717) is 36.7 Å². The highest BCUT2D eigenvalue weighted by Gasteiger charge is 2.53. The number of aliphatic carboxylic acids is 1. The summed E-state index contributed by atoms with van der Waals surface area (Å²) >= 11 is 5.96. The number of ether oxygens (including phenoxy) is 1. The van der Waals surface area contributed by atoms with Crippen LogP contribution in [0.3, 0.4) is 0 Å². The lowest BCUT2D eigenvalue weighted by Crippen LogP contribution is -2.45. The summed E-state index contributed by atoms with van der Waals surface area (Å²) in [7, 11) is 0. The Morgan fingerprint density at radius 1 is 1.16 bits per heavy atom. The van der Waals surface area contributed by atoms with Crippen molar-refractivity contribution in [2.24, 2.45) is 0 Å². The highest BCUT2D eigenvalue weighted by Crippen LogP contribution is 2.51. The number of aliphatic hydroxyl groups excluding tert-OH is 1. The van der Waals surface area contributed by atoms with Gasteiger partial charge in [-0.2, -0.15) is 0 Å². The van der Waals surface area contributed by atoms with Gasteiger partial charge in [-0.25, -0.2) is 0 Å². The van der Waals surface area contributed by atoms with Crippen LogP contribution in [0.15, 0.2) is 48.5 Å². The van der Waals surface area contributed by atoms with Crippen LogP contribution in [-0.2, 0) is 16.8 Å². The Morgan fingerprint density at radius 2 is 1.84 bits per heavy atom. The van der Waals surface area contributed by atoms with Crippen LogP contribution in [0, 0.1) is 0 Å². The van der Waals surface area contributed by atoms with Crippen molar-refractivity contribution < 1.29 is 19.7 Å². The molecule has 2 aromatic carbocycles. The molecule has 0 spiro atoms. The Balaban J connectivity index is 1.19. The number of para-hydroxylation sites is 1. The Kier molecular flexibility index (Phi) is 7.36. The number of hydrogen-bond acceptors (Lipinski definition) is 5. The standard InChI is InChI=1S/C25H31ClN2O4/c26-19-7-5-18(6-8-19)16-28-13-9-20(10-14-28)27-15-21(29)17-32-23-4-2-1-3-22(23)25(11-12-25)24(30)31/h1-8,20-21,27,29H,9-17H2,(H,30,31)/t21-/m0/s1. The molecule has 0 bridgehead atoms. The molecule has 4 rings (SSSR count). The van der Waals surface area contributed by atoms with Gasteiger partial charge in [0.2, 0.25) is 0 Å². The van der Waals surface area contributed by atoms with Crippen molar-refractivity contribution in [1.82, 2.24) is 10.2 Å². The lowest BCUT2D eigenvalue weighted by molar-refractivity contribution is -0.140. The maximum atomic E-state index is 11.7. The molecule has 1 aliphatic carbocycles. The lowest BCUT2D eigenvalue weighted by atomic mass is 9.95. The van der Waals surface area contributed by atoms with Gasteiger partial charge in [-0.05, 0) is 62.5 Å². The number of piperidine rings is 1. The fraction of sp³-hybridized carbons (Fsp3) is 0.480. The normalized spacial score (nSPS) is 19.4. The van der Waals surface area contributed by atoms with Crippen molar-refractivity contribution in [3.8, 4) is 5.75 Å². The van der Waals surface area contributed by atoms with Crippen LogP contribution in [0.25, 0.3) is 0 Å². The smallest absolute Gasteiger partial charge is 0.314 e.